The van der Waals surface area contributed by atoms with Crippen molar-refractivity contribution in [1.82, 2.24) is 10.2 Å². The molecule has 1 aliphatic rings. The Morgan fingerprint density at radius 3 is 3.05 bits per heavy atom. The Hall–Kier alpha value is -0.710. The van der Waals surface area contributed by atoms with Gasteiger partial charge in [0, 0.05) is 42.7 Å². The highest BCUT2D eigenvalue weighted by Gasteiger charge is 2.16. The van der Waals surface area contributed by atoms with E-state index in [0.717, 1.165) is 30.7 Å². The maximum atomic E-state index is 5.94. The Labute approximate surface area is 120 Å². The Balaban J connectivity index is 1.78. The van der Waals surface area contributed by atoms with E-state index < -0.39 is 0 Å². The van der Waals surface area contributed by atoms with Crippen molar-refractivity contribution >= 4 is 11.8 Å². The number of nitrogens with one attached hydrogen (secondary N) is 1. The summed E-state index contributed by atoms with van der Waals surface area (Å²) in [5.41, 5.74) is 1.23. The normalized spacial score (nSPS) is 20.4. The Morgan fingerprint density at radius 2 is 2.26 bits per heavy atom. The molecule has 0 aliphatic carbocycles. The van der Waals surface area contributed by atoms with Crippen molar-refractivity contribution in [3.8, 4) is 5.75 Å². The highest BCUT2D eigenvalue weighted by molar-refractivity contribution is 7.99. The van der Waals surface area contributed by atoms with Crippen LogP contribution in [0.15, 0.2) is 24.3 Å². The molecule has 0 aromatic heterocycles. The number of hydrogen-bond donors (Lipinski definition) is 1. The monoisotopic (exact) mass is 280 g/mol. The second kappa shape index (κ2) is 7.78. The lowest BCUT2D eigenvalue weighted by molar-refractivity contribution is 0.214. The van der Waals surface area contributed by atoms with Crippen LogP contribution in [0.5, 0.6) is 5.75 Å². The molecule has 0 saturated carbocycles. The fourth-order valence-electron chi connectivity index (χ4n) is 2.36. The number of benzene rings is 1. The smallest absolute Gasteiger partial charge is 0.123 e. The standard InChI is InChI=1S/C15H24N2OS/c1-13-12-17(8-10-19-13)7-9-18-15-6-4-3-5-14(15)11-16-2/h3-6,13,16H,7-12H2,1-2H3. The average Bonchev–Trinajstić information content (AvgIpc) is 2.41. The van der Waals surface area contributed by atoms with Crippen LogP contribution in [0.2, 0.25) is 0 Å². The predicted molar refractivity (Wildman–Crippen MR) is 83.1 cm³/mol. The van der Waals surface area contributed by atoms with Crippen LogP contribution in [-0.2, 0) is 6.54 Å². The molecule has 1 aliphatic heterocycles. The summed E-state index contributed by atoms with van der Waals surface area (Å²) < 4.78 is 5.94. The van der Waals surface area contributed by atoms with E-state index in [1.165, 1.54) is 24.4 Å². The first-order valence-electron chi connectivity index (χ1n) is 6.99. The summed E-state index contributed by atoms with van der Waals surface area (Å²) in [4.78, 5) is 2.50. The number of hydrogen-bond acceptors (Lipinski definition) is 4. The third-order valence-electron chi connectivity index (χ3n) is 3.33. The summed E-state index contributed by atoms with van der Waals surface area (Å²) in [6, 6.07) is 8.27. The number of rotatable bonds is 6. The summed E-state index contributed by atoms with van der Waals surface area (Å²) in [7, 11) is 1.96. The molecule has 106 valence electrons. The predicted octanol–water partition coefficient (Wildman–Crippen LogP) is 2.22. The molecule has 1 aromatic carbocycles. The highest BCUT2D eigenvalue weighted by Crippen LogP contribution is 2.19. The van der Waals surface area contributed by atoms with Gasteiger partial charge in [-0.1, -0.05) is 25.1 Å². The van der Waals surface area contributed by atoms with Crippen molar-refractivity contribution < 1.29 is 4.74 Å². The van der Waals surface area contributed by atoms with Gasteiger partial charge in [0.15, 0.2) is 0 Å². The van der Waals surface area contributed by atoms with Crippen molar-refractivity contribution in [2.24, 2.45) is 0 Å². The number of nitrogens with zero attached hydrogens (tertiary/aromatic N) is 1. The van der Waals surface area contributed by atoms with Crippen LogP contribution >= 0.6 is 11.8 Å². The maximum Gasteiger partial charge on any atom is 0.123 e. The van der Waals surface area contributed by atoms with Crippen LogP contribution < -0.4 is 10.1 Å². The third-order valence-corrected chi connectivity index (χ3v) is 4.47. The minimum absolute atomic E-state index is 0.755. The van der Waals surface area contributed by atoms with Crippen molar-refractivity contribution in [1.29, 1.82) is 0 Å². The van der Waals surface area contributed by atoms with Gasteiger partial charge in [0.05, 0.1) is 0 Å². The van der Waals surface area contributed by atoms with Crippen LogP contribution in [0.1, 0.15) is 12.5 Å². The molecule has 1 aromatic rings. The van der Waals surface area contributed by atoms with Crippen LogP contribution in [-0.4, -0.2) is 49.2 Å². The van der Waals surface area contributed by atoms with E-state index in [1.54, 1.807) is 0 Å². The Kier molecular flexibility index (Phi) is 6.01. The molecule has 3 nitrogen and oxygen atoms in total. The zero-order valence-corrected chi connectivity index (χ0v) is 12.7. The quantitative estimate of drug-likeness (QED) is 0.863. The zero-order valence-electron chi connectivity index (χ0n) is 11.9. The molecule has 1 N–H and O–H groups in total. The molecule has 0 radical (unpaired) electrons. The summed E-state index contributed by atoms with van der Waals surface area (Å²) in [5.74, 6) is 2.26. The van der Waals surface area contributed by atoms with E-state index in [1.807, 2.05) is 13.1 Å². The first-order chi connectivity index (χ1) is 9.29. The molecule has 0 spiro atoms. The summed E-state index contributed by atoms with van der Waals surface area (Å²) in [5, 5.41) is 3.93. The minimum atomic E-state index is 0.755. The molecule has 1 unspecified atom stereocenters. The SMILES string of the molecule is CNCc1ccccc1OCCN1CCSC(C)C1. The van der Waals surface area contributed by atoms with Crippen LogP contribution in [0.3, 0.4) is 0 Å². The number of ether oxygens (including phenoxy) is 1. The van der Waals surface area contributed by atoms with E-state index in [-0.39, 0.29) is 0 Å². The molecule has 1 heterocycles. The molecular weight excluding hydrogens is 256 g/mol. The fourth-order valence-corrected chi connectivity index (χ4v) is 3.44. The topological polar surface area (TPSA) is 24.5 Å². The van der Waals surface area contributed by atoms with E-state index in [9.17, 15) is 0 Å². The maximum absolute atomic E-state index is 5.94. The van der Waals surface area contributed by atoms with Gasteiger partial charge in [0.25, 0.3) is 0 Å². The highest BCUT2D eigenvalue weighted by atomic mass is 32.2. The van der Waals surface area contributed by atoms with E-state index >= 15 is 0 Å². The second-order valence-electron chi connectivity index (χ2n) is 4.97. The second-order valence-corrected chi connectivity index (χ2v) is 6.51. The molecule has 4 heteroatoms. The number of para-hydroxylation sites is 1. The Bertz CT molecular complexity index is 386. The molecule has 19 heavy (non-hydrogen) atoms. The minimum Gasteiger partial charge on any atom is -0.492 e. The third kappa shape index (κ3) is 4.71. The zero-order chi connectivity index (χ0) is 13.5. The summed E-state index contributed by atoms with van der Waals surface area (Å²) in [6.07, 6.45) is 0. The van der Waals surface area contributed by atoms with Crippen molar-refractivity contribution in [3.05, 3.63) is 29.8 Å². The largest absolute Gasteiger partial charge is 0.492 e. The first-order valence-corrected chi connectivity index (χ1v) is 8.03. The van der Waals surface area contributed by atoms with E-state index in [4.69, 9.17) is 4.74 Å². The molecule has 1 atom stereocenters. The fraction of sp³-hybridized carbons (Fsp3) is 0.600. The van der Waals surface area contributed by atoms with Crippen LogP contribution in [0, 0.1) is 0 Å². The van der Waals surface area contributed by atoms with Gasteiger partial charge in [-0.2, -0.15) is 11.8 Å². The van der Waals surface area contributed by atoms with E-state index in [2.05, 4.69) is 47.1 Å². The van der Waals surface area contributed by atoms with Gasteiger partial charge in [0.1, 0.15) is 12.4 Å². The van der Waals surface area contributed by atoms with Gasteiger partial charge in [-0.25, -0.2) is 0 Å². The molecule has 1 saturated heterocycles. The molecule has 0 bridgehead atoms. The van der Waals surface area contributed by atoms with Crippen LogP contribution in [0.25, 0.3) is 0 Å². The van der Waals surface area contributed by atoms with Crippen molar-refractivity contribution in [2.45, 2.75) is 18.7 Å². The molecule has 0 amide bonds. The lowest BCUT2D eigenvalue weighted by atomic mass is 10.2. The van der Waals surface area contributed by atoms with Gasteiger partial charge >= 0.3 is 0 Å². The van der Waals surface area contributed by atoms with Gasteiger partial charge in [0.2, 0.25) is 0 Å². The lowest BCUT2D eigenvalue weighted by Gasteiger charge is -2.30. The van der Waals surface area contributed by atoms with Gasteiger partial charge < -0.3 is 10.1 Å². The van der Waals surface area contributed by atoms with Crippen LogP contribution in [0.4, 0.5) is 0 Å². The average molecular weight is 280 g/mol. The molecular formula is C15H24N2OS. The molecule has 1 fully saturated rings. The first kappa shape index (κ1) is 14.7. The Morgan fingerprint density at radius 1 is 1.42 bits per heavy atom. The van der Waals surface area contributed by atoms with Gasteiger partial charge in [-0.15, -0.1) is 0 Å². The summed E-state index contributed by atoms with van der Waals surface area (Å²) in [6.45, 7) is 7.34. The van der Waals surface area contributed by atoms with Crippen molar-refractivity contribution in [3.63, 3.8) is 0 Å². The summed E-state index contributed by atoms with van der Waals surface area (Å²) >= 11 is 2.07. The number of thioether (sulfide) groups is 1. The van der Waals surface area contributed by atoms with Gasteiger partial charge in [-0.05, 0) is 13.1 Å². The lowest BCUT2D eigenvalue weighted by Crippen LogP contribution is -2.39. The van der Waals surface area contributed by atoms with Crippen molar-refractivity contribution in [2.75, 3.05) is 39.0 Å². The molecule has 2 rings (SSSR count). The van der Waals surface area contributed by atoms with E-state index in [0.29, 0.717) is 0 Å². The van der Waals surface area contributed by atoms with Gasteiger partial charge in [-0.3, -0.25) is 4.90 Å².